The molecule has 4 rings (SSSR count). The van der Waals surface area contributed by atoms with Crippen molar-refractivity contribution in [2.45, 2.75) is 32.2 Å². The maximum absolute atomic E-state index is 13.1. The van der Waals surface area contributed by atoms with Gasteiger partial charge in [0.05, 0.1) is 17.7 Å². The summed E-state index contributed by atoms with van der Waals surface area (Å²) in [5, 5.41) is 3.69. The van der Waals surface area contributed by atoms with Gasteiger partial charge in [-0.2, -0.15) is 0 Å². The van der Waals surface area contributed by atoms with Crippen LogP contribution in [-0.2, 0) is 22.6 Å². The van der Waals surface area contributed by atoms with Crippen molar-refractivity contribution in [1.29, 1.82) is 0 Å². The Morgan fingerprint density at radius 3 is 2.54 bits per heavy atom. The van der Waals surface area contributed by atoms with Gasteiger partial charge in [0.15, 0.2) is 0 Å². The van der Waals surface area contributed by atoms with Crippen molar-refractivity contribution in [3.05, 3.63) is 64.9 Å². The number of nitrogens with one attached hydrogen (secondary N) is 1. The van der Waals surface area contributed by atoms with Gasteiger partial charge in [0.2, 0.25) is 11.8 Å². The molecule has 0 bridgehead atoms. The zero-order chi connectivity index (χ0) is 19.6. The van der Waals surface area contributed by atoms with Gasteiger partial charge in [-0.3, -0.25) is 14.6 Å². The average Bonchev–Trinajstić information content (AvgIpc) is 3.48. The van der Waals surface area contributed by atoms with Gasteiger partial charge in [-0.1, -0.05) is 29.8 Å². The molecule has 2 aromatic rings. The molecule has 2 amide bonds. The molecule has 146 valence electrons. The van der Waals surface area contributed by atoms with Gasteiger partial charge in [0.1, 0.15) is 0 Å². The maximum atomic E-state index is 13.1. The number of hydrogen-bond acceptors (Lipinski definition) is 3. The molecule has 28 heavy (non-hydrogen) atoms. The van der Waals surface area contributed by atoms with Crippen molar-refractivity contribution in [2.24, 2.45) is 11.3 Å². The summed E-state index contributed by atoms with van der Waals surface area (Å²) >= 11 is 5.99. The van der Waals surface area contributed by atoms with Crippen LogP contribution in [-0.4, -0.2) is 34.8 Å². The predicted octanol–water partition coefficient (Wildman–Crippen LogP) is 3.22. The minimum atomic E-state index is -0.595. The predicted molar refractivity (Wildman–Crippen MR) is 108 cm³/mol. The quantitative estimate of drug-likeness (QED) is 0.780. The first-order chi connectivity index (χ1) is 13.5. The van der Waals surface area contributed by atoms with Crippen molar-refractivity contribution in [1.82, 2.24) is 15.2 Å². The van der Waals surface area contributed by atoms with Crippen molar-refractivity contribution in [3.63, 3.8) is 0 Å². The molecule has 1 saturated carbocycles. The van der Waals surface area contributed by atoms with Crippen LogP contribution in [0.2, 0.25) is 5.02 Å². The van der Waals surface area contributed by atoms with E-state index in [2.05, 4.69) is 10.3 Å². The SMILES string of the molecule is O=C(CC1CC1)N1CC(Cc2ccc(Cl)cc2)(C(=O)NCc2ccccn2)C1. The number of rotatable bonds is 7. The summed E-state index contributed by atoms with van der Waals surface area (Å²) in [5.74, 6) is 0.701. The van der Waals surface area contributed by atoms with E-state index in [-0.39, 0.29) is 11.8 Å². The molecular weight excluding hydrogens is 374 g/mol. The summed E-state index contributed by atoms with van der Waals surface area (Å²) in [6, 6.07) is 13.2. The fourth-order valence-corrected chi connectivity index (χ4v) is 3.87. The van der Waals surface area contributed by atoms with Crippen molar-refractivity contribution in [3.8, 4) is 0 Å². The Bertz CT molecular complexity index is 844. The van der Waals surface area contributed by atoms with Crippen LogP contribution in [0, 0.1) is 11.3 Å². The van der Waals surface area contributed by atoms with E-state index in [1.54, 1.807) is 6.20 Å². The van der Waals surface area contributed by atoms with Gasteiger partial charge in [-0.05, 0) is 55.0 Å². The molecule has 1 aliphatic carbocycles. The van der Waals surface area contributed by atoms with Crippen molar-refractivity contribution in [2.75, 3.05) is 13.1 Å². The summed E-state index contributed by atoms with van der Waals surface area (Å²) in [4.78, 5) is 31.6. The van der Waals surface area contributed by atoms with Gasteiger partial charge >= 0.3 is 0 Å². The highest BCUT2D eigenvalue weighted by molar-refractivity contribution is 6.30. The molecule has 2 fully saturated rings. The first-order valence-electron chi connectivity index (χ1n) is 9.74. The van der Waals surface area contributed by atoms with Gasteiger partial charge in [-0.15, -0.1) is 0 Å². The number of pyridine rings is 1. The minimum absolute atomic E-state index is 0.0245. The average molecular weight is 398 g/mol. The lowest BCUT2D eigenvalue weighted by molar-refractivity contribution is -0.154. The Balaban J connectivity index is 1.44. The van der Waals surface area contributed by atoms with E-state index >= 15 is 0 Å². The van der Waals surface area contributed by atoms with Gasteiger partial charge in [-0.25, -0.2) is 0 Å². The van der Waals surface area contributed by atoms with E-state index in [0.717, 1.165) is 24.1 Å². The van der Waals surface area contributed by atoms with Crippen LogP contribution in [0.15, 0.2) is 48.7 Å². The lowest BCUT2D eigenvalue weighted by Crippen LogP contribution is -2.65. The summed E-state index contributed by atoms with van der Waals surface area (Å²) in [6.07, 6.45) is 5.23. The molecule has 6 heteroatoms. The normalized spacial score (nSPS) is 17.7. The van der Waals surface area contributed by atoms with Crippen LogP contribution in [0.25, 0.3) is 0 Å². The van der Waals surface area contributed by atoms with Crippen molar-refractivity contribution < 1.29 is 9.59 Å². The van der Waals surface area contributed by atoms with Gasteiger partial charge in [0.25, 0.3) is 0 Å². The summed E-state index contributed by atoms with van der Waals surface area (Å²) in [7, 11) is 0. The van der Waals surface area contributed by atoms with E-state index in [1.807, 2.05) is 47.4 Å². The highest BCUT2D eigenvalue weighted by Gasteiger charge is 2.51. The van der Waals surface area contributed by atoms with Gasteiger partial charge < -0.3 is 10.2 Å². The Morgan fingerprint density at radius 2 is 1.89 bits per heavy atom. The topological polar surface area (TPSA) is 62.3 Å². The summed E-state index contributed by atoms with van der Waals surface area (Å²) in [6.45, 7) is 1.32. The number of likely N-dealkylation sites (tertiary alicyclic amines) is 1. The monoisotopic (exact) mass is 397 g/mol. The van der Waals surface area contributed by atoms with Gasteiger partial charge in [0, 0.05) is 30.7 Å². The first kappa shape index (κ1) is 18.9. The van der Waals surface area contributed by atoms with Crippen LogP contribution in [0.4, 0.5) is 0 Å². The Hall–Kier alpha value is -2.40. The van der Waals surface area contributed by atoms with E-state index in [0.29, 0.717) is 43.4 Å². The van der Waals surface area contributed by atoms with E-state index in [9.17, 15) is 9.59 Å². The molecule has 0 unspecified atom stereocenters. The molecule has 0 atom stereocenters. The number of halogens is 1. The molecule has 1 saturated heterocycles. The number of nitrogens with zero attached hydrogens (tertiary/aromatic N) is 2. The second-order valence-corrected chi connectivity index (χ2v) is 8.42. The van der Waals surface area contributed by atoms with Crippen LogP contribution in [0.5, 0.6) is 0 Å². The maximum Gasteiger partial charge on any atom is 0.230 e. The zero-order valence-corrected chi connectivity index (χ0v) is 16.5. The third-order valence-electron chi connectivity index (χ3n) is 5.59. The van der Waals surface area contributed by atoms with Crippen LogP contribution in [0.1, 0.15) is 30.5 Å². The summed E-state index contributed by atoms with van der Waals surface area (Å²) in [5.41, 5.74) is 1.27. The lowest BCUT2D eigenvalue weighted by Gasteiger charge is -2.49. The standard InChI is InChI=1S/C22H24ClN3O2/c23-18-8-6-17(7-9-18)12-22(14-26(15-22)20(27)11-16-4-5-16)21(28)25-13-19-3-1-2-10-24-19/h1-3,6-10,16H,4-5,11-15H2,(H,25,28). The molecule has 0 spiro atoms. The van der Waals surface area contributed by atoms with E-state index < -0.39 is 5.41 Å². The number of hydrogen-bond donors (Lipinski definition) is 1. The molecule has 2 aliphatic rings. The number of amides is 2. The number of aromatic nitrogens is 1. The van der Waals surface area contributed by atoms with Crippen LogP contribution < -0.4 is 5.32 Å². The largest absolute Gasteiger partial charge is 0.350 e. The minimum Gasteiger partial charge on any atom is -0.350 e. The first-order valence-corrected chi connectivity index (χ1v) is 10.1. The second-order valence-electron chi connectivity index (χ2n) is 7.98. The second kappa shape index (κ2) is 7.92. The molecular formula is C22H24ClN3O2. The van der Waals surface area contributed by atoms with Crippen LogP contribution >= 0.6 is 11.6 Å². The van der Waals surface area contributed by atoms with Crippen LogP contribution in [0.3, 0.4) is 0 Å². The molecule has 2 heterocycles. The molecule has 5 nitrogen and oxygen atoms in total. The lowest BCUT2D eigenvalue weighted by atomic mass is 9.73. The smallest absolute Gasteiger partial charge is 0.230 e. The third kappa shape index (κ3) is 4.36. The highest BCUT2D eigenvalue weighted by atomic mass is 35.5. The zero-order valence-electron chi connectivity index (χ0n) is 15.7. The van der Waals surface area contributed by atoms with E-state index in [1.165, 1.54) is 0 Å². The van der Waals surface area contributed by atoms with Crippen molar-refractivity contribution >= 4 is 23.4 Å². The summed E-state index contributed by atoms with van der Waals surface area (Å²) < 4.78 is 0. The fourth-order valence-electron chi connectivity index (χ4n) is 3.75. The Kier molecular flexibility index (Phi) is 5.36. The Morgan fingerprint density at radius 1 is 1.14 bits per heavy atom. The molecule has 1 aliphatic heterocycles. The van der Waals surface area contributed by atoms with E-state index in [4.69, 9.17) is 11.6 Å². The number of carbonyl (C=O) groups excluding carboxylic acids is 2. The Labute approximate surface area is 170 Å². The molecule has 1 aromatic carbocycles. The molecule has 0 radical (unpaired) electrons. The third-order valence-corrected chi connectivity index (χ3v) is 5.85. The fraction of sp³-hybridized carbons (Fsp3) is 0.409. The highest BCUT2D eigenvalue weighted by Crippen LogP contribution is 2.38. The molecule has 1 N–H and O–H groups in total. The number of benzene rings is 1. The molecule has 1 aromatic heterocycles. The number of carbonyl (C=O) groups is 2.